The summed E-state index contributed by atoms with van der Waals surface area (Å²) in [5.41, 5.74) is 1.76. The predicted molar refractivity (Wildman–Crippen MR) is 115 cm³/mol. The van der Waals surface area contributed by atoms with E-state index in [1.54, 1.807) is 36.1 Å². The fourth-order valence-corrected chi connectivity index (χ4v) is 2.92. The van der Waals surface area contributed by atoms with Gasteiger partial charge in [-0.2, -0.15) is 0 Å². The van der Waals surface area contributed by atoms with Gasteiger partial charge in [0.25, 0.3) is 5.56 Å². The summed E-state index contributed by atoms with van der Waals surface area (Å²) >= 11 is 0. The van der Waals surface area contributed by atoms with Crippen LogP contribution in [-0.4, -0.2) is 35.0 Å². The molecule has 0 atom stereocenters. The normalized spacial score (nSPS) is 10.6. The molecule has 1 aromatic carbocycles. The molecule has 0 aliphatic carbocycles. The van der Waals surface area contributed by atoms with Gasteiger partial charge in [0.1, 0.15) is 30.3 Å². The highest BCUT2D eigenvalue weighted by Gasteiger charge is 2.07. The van der Waals surface area contributed by atoms with Crippen molar-refractivity contribution in [3.63, 3.8) is 0 Å². The molecule has 3 heterocycles. The number of hydrogen-bond acceptors (Lipinski definition) is 7. The molecule has 4 aromatic rings. The van der Waals surface area contributed by atoms with Crippen molar-refractivity contribution in [2.24, 2.45) is 0 Å². The molecule has 0 saturated carbocycles. The first kappa shape index (κ1) is 20.0. The van der Waals surface area contributed by atoms with E-state index in [1.165, 1.54) is 17.0 Å². The van der Waals surface area contributed by atoms with E-state index in [1.807, 2.05) is 31.3 Å². The first-order chi connectivity index (χ1) is 15.0. The van der Waals surface area contributed by atoms with Gasteiger partial charge in [-0.15, -0.1) is 0 Å². The Morgan fingerprint density at radius 1 is 1.03 bits per heavy atom. The second-order valence-corrected chi connectivity index (χ2v) is 6.88. The number of amides is 1. The third-order valence-corrected chi connectivity index (χ3v) is 4.36. The van der Waals surface area contributed by atoms with Crippen LogP contribution in [0.15, 0.2) is 66.2 Å². The van der Waals surface area contributed by atoms with E-state index in [0.717, 1.165) is 5.69 Å². The molecule has 0 aliphatic rings. The van der Waals surface area contributed by atoms with E-state index in [4.69, 9.17) is 0 Å². The Kier molecular flexibility index (Phi) is 5.52. The first-order valence-electron chi connectivity index (χ1n) is 9.50. The Hall–Kier alpha value is -4.34. The van der Waals surface area contributed by atoms with Gasteiger partial charge < -0.3 is 10.6 Å². The maximum atomic E-state index is 12.2. The third-order valence-electron chi connectivity index (χ3n) is 4.36. The molecule has 3 aromatic heterocycles. The number of anilines is 3. The number of aromatic nitrogens is 6. The molecule has 1 amide bonds. The smallest absolute Gasteiger partial charge is 0.253 e. The summed E-state index contributed by atoms with van der Waals surface area (Å²) in [5, 5.41) is 6.00. The van der Waals surface area contributed by atoms with Gasteiger partial charge in [-0.1, -0.05) is 0 Å². The van der Waals surface area contributed by atoms with Crippen LogP contribution in [0.25, 0.3) is 5.82 Å². The van der Waals surface area contributed by atoms with Gasteiger partial charge >= 0.3 is 0 Å². The molecule has 0 radical (unpaired) electrons. The number of rotatable bonds is 6. The fraction of sp³-hybridized carbons (Fsp3) is 0.143. The summed E-state index contributed by atoms with van der Waals surface area (Å²) in [4.78, 5) is 41.0. The zero-order chi connectivity index (χ0) is 21.8. The summed E-state index contributed by atoms with van der Waals surface area (Å²) in [6.07, 6.45) is 6.53. The Labute approximate surface area is 177 Å². The molecule has 156 valence electrons. The van der Waals surface area contributed by atoms with Crippen LogP contribution in [0.3, 0.4) is 0 Å². The molecule has 10 heteroatoms. The van der Waals surface area contributed by atoms with Crippen molar-refractivity contribution in [3.8, 4) is 5.82 Å². The van der Waals surface area contributed by atoms with Crippen molar-refractivity contribution in [1.82, 2.24) is 29.1 Å². The van der Waals surface area contributed by atoms with Crippen LogP contribution >= 0.6 is 0 Å². The number of nitrogens with zero attached hydrogens (tertiary/aromatic N) is 6. The van der Waals surface area contributed by atoms with Crippen LogP contribution in [0.5, 0.6) is 0 Å². The Bertz CT molecular complexity index is 1260. The second-order valence-electron chi connectivity index (χ2n) is 6.88. The minimum Gasteiger partial charge on any atom is -0.340 e. The molecule has 10 nitrogen and oxygen atoms in total. The van der Waals surface area contributed by atoms with E-state index in [-0.39, 0.29) is 18.0 Å². The van der Waals surface area contributed by atoms with E-state index in [9.17, 15) is 9.59 Å². The molecule has 0 unspecified atom stereocenters. The van der Waals surface area contributed by atoms with Crippen molar-refractivity contribution in [3.05, 3.63) is 83.3 Å². The van der Waals surface area contributed by atoms with Gasteiger partial charge in [-0.25, -0.2) is 19.9 Å². The number of carbonyl (C=O) groups is 1. The largest absolute Gasteiger partial charge is 0.340 e. The topological polar surface area (TPSA) is 120 Å². The van der Waals surface area contributed by atoms with Crippen LogP contribution in [0.4, 0.5) is 17.2 Å². The summed E-state index contributed by atoms with van der Waals surface area (Å²) in [5.74, 6) is 1.65. The molecule has 0 fully saturated rings. The maximum Gasteiger partial charge on any atom is 0.253 e. The number of nitrogens with one attached hydrogen (secondary N) is 2. The highest BCUT2D eigenvalue weighted by molar-refractivity contribution is 5.90. The molecule has 0 aliphatic heterocycles. The molecule has 4 rings (SSSR count). The van der Waals surface area contributed by atoms with E-state index in [0.29, 0.717) is 28.8 Å². The SMILES string of the molecule is Cc1cc(=O)n(CC(=O)Nc2ccc(Nc3cc(-n4ccnc4)nc(C)n3)cc2)cn1. The van der Waals surface area contributed by atoms with Crippen molar-refractivity contribution >= 4 is 23.1 Å². The molecular formula is C21H20N8O2. The van der Waals surface area contributed by atoms with E-state index >= 15 is 0 Å². The number of hydrogen-bond donors (Lipinski definition) is 2. The van der Waals surface area contributed by atoms with E-state index < -0.39 is 0 Å². The lowest BCUT2D eigenvalue weighted by Gasteiger charge is -2.10. The first-order valence-corrected chi connectivity index (χ1v) is 9.50. The highest BCUT2D eigenvalue weighted by atomic mass is 16.2. The summed E-state index contributed by atoms with van der Waals surface area (Å²) < 4.78 is 3.06. The van der Waals surface area contributed by atoms with Crippen LogP contribution in [-0.2, 0) is 11.3 Å². The number of carbonyl (C=O) groups excluding carboxylic acids is 1. The fourth-order valence-electron chi connectivity index (χ4n) is 2.92. The Morgan fingerprint density at radius 3 is 2.52 bits per heavy atom. The summed E-state index contributed by atoms with van der Waals surface area (Å²) in [6.45, 7) is 3.44. The number of benzene rings is 1. The lowest BCUT2D eigenvalue weighted by Crippen LogP contribution is -2.27. The molecular weight excluding hydrogens is 396 g/mol. The summed E-state index contributed by atoms with van der Waals surface area (Å²) in [6, 6.07) is 10.4. The van der Waals surface area contributed by atoms with Crippen LogP contribution in [0.1, 0.15) is 11.5 Å². The monoisotopic (exact) mass is 416 g/mol. The van der Waals surface area contributed by atoms with Gasteiger partial charge in [0.15, 0.2) is 0 Å². The van der Waals surface area contributed by atoms with Crippen molar-refractivity contribution in [2.45, 2.75) is 20.4 Å². The van der Waals surface area contributed by atoms with Gasteiger partial charge in [0, 0.05) is 41.6 Å². The quantitative estimate of drug-likeness (QED) is 0.494. The Morgan fingerprint density at radius 2 is 1.81 bits per heavy atom. The number of imidazole rings is 1. The number of aryl methyl sites for hydroxylation is 2. The average molecular weight is 416 g/mol. The second kappa shape index (κ2) is 8.57. The van der Waals surface area contributed by atoms with Gasteiger partial charge in [-0.05, 0) is 38.1 Å². The molecule has 2 N–H and O–H groups in total. The van der Waals surface area contributed by atoms with Crippen molar-refractivity contribution in [1.29, 1.82) is 0 Å². The van der Waals surface area contributed by atoms with Crippen LogP contribution in [0.2, 0.25) is 0 Å². The van der Waals surface area contributed by atoms with Crippen molar-refractivity contribution < 1.29 is 4.79 Å². The third kappa shape index (κ3) is 4.99. The average Bonchev–Trinajstić information content (AvgIpc) is 3.26. The minimum atomic E-state index is -0.315. The lowest BCUT2D eigenvalue weighted by molar-refractivity contribution is -0.116. The van der Waals surface area contributed by atoms with Gasteiger partial charge in [-0.3, -0.25) is 18.7 Å². The predicted octanol–water partition coefficient (Wildman–Crippen LogP) is 2.22. The zero-order valence-corrected chi connectivity index (χ0v) is 17.0. The van der Waals surface area contributed by atoms with Crippen LogP contribution in [0, 0.1) is 13.8 Å². The standard InChI is InChI=1S/C21H20N8O2/c1-14-9-21(31)29(13-23-14)11-20(30)27-17-5-3-16(4-6-17)26-18-10-19(25-15(2)24-18)28-8-7-22-12-28/h3-10,12-13H,11H2,1-2H3,(H,27,30)(H,24,25,26). The Balaban J connectivity index is 1.41. The van der Waals surface area contributed by atoms with Gasteiger partial charge in [0.2, 0.25) is 5.91 Å². The molecule has 0 saturated heterocycles. The zero-order valence-electron chi connectivity index (χ0n) is 17.0. The molecule has 31 heavy (non-hydrogen) atoms. The minimum absolute atomic E-state index is 0.108. The molecule has 0 spiro atoms. The summed E-state index contributed by atoms with van der Waals surface area (Å²) in [7, 11) is 0. The van der Waals surface area contributed by atoms with Gasteiger partial charge in [0.05, 0.1) is 6.33 Å². The van der Waals surface area contributed by atoms with Crippen molar-refractivity contribution in [2.75, 3.05) is 10.6 Å². The molecule has 0 bridgehead atoms. The maximum absolute atomic E-state index is 12.2. The highest BCUT2D eigenvalue weighted by Crippen LogP contribution is 2.19. The van der Waals surface area contributed by atoms with E-state index in [2.05, 4.69) is 30.6 Å². The lowest BCUT2D eigenvalue weighted by atomic mass is 10.2. The van der Waals surface area contributed by atoms with Crippen LogP contribution < -0.4 is 16.2 Å².